The highest BCUT2D eigenvalue weighted by Crippen LogP contribution is 2.38. The highest BCUT2D eigenvalue weighted by Gasteiger charge is 2.37. The summed E-state index contributed by atoms with van der Waals surface area (Å²) in [6, 6.07) is 5.53. The Kier molecular flexibility index (Phi) is 4.88. The number of fused-ring (bicyclic) bond motifs is 4. The molecule has 1 aromatic carbocycles. The van der Waals surface area contributed by atoms with Gasteiger partial charge in [0, 0.05) is 31.1 Å². The monoisotopic (exact) mass is 415 g/mol. The maximum Gasteiger partial charge on any atom is 0.286 e. The lowest BCUT2D eigenvalue weighted by Crippen LogP contribution is -2.49. The molecule has 1 saturated carbocycles. The molecule has 0 spiro atoms. The van der Waals surface area contributed by atoms with Crippen LogP contribution in [0.15, 0.2) is 27.5 Å². The van der Waals surface area contributed by atoms with Gasteiger partial charge in [0.05, 0.1) is 5.69 Å². The van der Waals surface area contributed by atoms with E-state index < -0.39 is 10.0 Å². The number of nitrogens with zero attached hydrogens (tertiary/aromatic N) is 3. The number of hydrogen-bond acceptors (Lipinski definition) is 4. The third-order valence-electron chi connectivity index (χ3n) is 7.10. The summed E-state index contributed by atoms with van der Waals surface area (Å²) in [5.74, 6) is 1.23. The molecular formula is C22H29N3O3S. The van der Waals surface area contributed by atoms with Gasteiger partial charge in [0.1, 0.15) is 10.7 Å². The predicted molar refractivity (Wildman–Crippen MR) is 113 cm³/mol. The molecule has 29 heavy (non-hydrogen) atoms. The minimum atomic E-state index is -3.76. The van der Waals surface area contributed by atoms with Gasteiger partial charge in [-0.2, -0.15) is 8.42 Å². The number of benzene rings is 1. The van der Waals surface area contributed by atoms with Crippen LogP contribution in [0.3, 0.4) is 0 Å². The fraction of sp³-hybridized carbons (Fsp3) is 0.636. The van der Waals surface area contributed by atoms with Gasteiger partial charge in [0.2, 0.25) is 0 Å². The molecule has 5 rings (SSSR count). The minimum absolute atomic E-state index is 0.0229. The first-order chi connectivity index (χ1) is 14.0. The van der Waals surface area contributed by atoms with Crippen molar-refractivity contribution in [3.05, 3.63) is 23.8 Å². The third-order valence-corrected chi connectivity index (χ3v) is 8.43. The second-order valence-electron chi connectivity index (χ2n) is 8.88. The number of piperidine rings is 1. The number of carbonyl (C=O) groups excluding carboxylic acids is 1. The number of likely N-dealkylation sites (tertiary alicyclic amines) is 1. The Morgan fingerprint density at radius 1 is 0.966 bits per heavy atom. The van der Waals surface area contributed by atoms with Gasteiger partial charge in [-0.15, -0.1) is 4.40 Å². The van der Waals surface area contributed by atoms with Crippen molar-refractivity contribution in [3.63, 3.8) is 0 Å². The molecule has 0 bridgehead atoms. The Morgan fingerprint density at radius 3 is 2.69 bits per heavy atom. The van der Waals surface area contributed by atoms with E-state index in [1.54, 1.807) is 6.07 Å². The van der Waals surface area contributed by atoms with Crippen molar-refractivity contribution in [1.82, 2.24) is 4.90 Å². The maximum absolute atomic E-state index is 13.4. The first kappa shape index (κ1) is 19.1. The molecule has 0 N–H and O–H groups in total. The summed E-state index contributed by atoms with van der Waals surface area (Å²) in [5, 5.41) is 0. The molecule has 0 radical (unpaired) electrons. The van der Waals surface area contributed by atoms with Crippen molar-refractivity contribution in [2.75, 3.05) is 18.0 Å². The molecule has 3 fully saturated rings. The van der Waals surface area contributed by atoms with E-state index in [9.17, 15) is 13.2 Å². The number of sulfonamides is 1. The van der Waals surface area contributed by atoms with Gasteiger partial charge < -0.3 is 9.80 Å². The summed E-state index contributed by atoms with van der Waals surface area (Å²) in [6.45, 7) is 1.56. The Labute approximate surface area is 173 Å². The summed E-state index contributed by atoms with van der Waals surface area (Å²) in [4.78, 5) is 17.6. The van der Waals surface area contributed by atoms with E-state index in [0.717, 1.165) is 45.2 Å². The number of hydrogen-bond donors (Lipinski definition) is 0. The van der Waals surface area contributed by atoms with Crippen LogP contribution < -0.4 is 4.90 Å². The van der Waals surface area contributed by atoms with E-state index in [-0.39, 0.29) is 10.8 Å². The van der Waals surface area contributed by atoms with E-state index in [1.165, 1.54) is 25.7 Å². The van der Waals surface area contributed by atoms with Crippen LogP contribution in [0.4, 0.5) is 5.69 Å². The van der Waals surface area contributed by atoms with Crippen LogP contribution in [0.25, 0.3) is 0 Å². The first-order valence-corrected chi connectivity index (χ1v) is 12.5. The summed E-state index contributed by atoms with van der Waals surface area (Å²) < 4.78 is 29.9. The van der Waals surface area contributed by atoms with Crippen LogP contribution in [-0.2, 0) is 10.0 Å². The molecule has 2 saturated heterocycles. The largest absolute Gasteiger partial charge is 0.335 e. The van der Waals surface area contributed by atoms with Gasteiger partial charge in [-0.25, -0.2) is 0 Å². The van der Waals surface area contributed by atoms with E-state index in [1.807, 2.05) is 21.9 Å². The quantitative estimate of drug-likeness (QED) is 0.696. The minimum Gasteiger partial charge on any atom is -0.335 e. The van der Waals surface area contributed by atoms with Crippen LogP contribution in [0.1, 0.15) is 74.6 Å². The van der Waals surface area contributed by atoms with Crippen LogP contribution in [0.5, 0.6) is 0 Å². The van der Waals surface area contributed by atoms with Crippen molar-refractivity contribution in [1.29, 1.82) is 0 Å². The zero-order chi connectivity index (χ0) is 20.0. The second-order valence-corrected chi connectivity index (χ2v) is 10.5. The highest BCUT2D eigenvalue weighted by atomic mass is 32.2. The lowest BCUT2D eigenvalue weighted by Gasteiger charge is -2.44. The number of amides is 1. The average Bonchev–Trinajstić information content (AvgIpc) is 2.97. The summed E-state index contributed by atoms with van der Waals surface area (Å²) in [6.07, 6.45) is 10.7. The van der Waals surface area contributed by atoms with E-state index in [2.05, 4.69) is 4.40 Å². The van der Waals surface area contributed by atoms with Gasteiger partial charge >= 0.3 is 0 Å². The average molecular weight is 416 g/mol. The second kappa shape index (κ2) is 7.42. The zero-order valence-electron chi connectivity index (χ0n) is 16.8. The van der Waals surface area contributed by atoms with Gasteiger partial charge in [-0.1, -0.05) is 19.3 Å². The lowest BCUT2D eigenvalue weighted by molar-refractivity contribution is 0.0390. The van der Waals surface area contributed by atoms with Crippen molar-refractivity contribution < 1.29 is 13.2 Å². The molecule has 1 aromatic rings. The number of anilines is 1. The van der Waals surface area contributed by atoms with Gasteiger partial charge in [0.25, 0.3) is 15.9 Å². The van der Waals surface area contributed by atoms with E-state index >= 15 is 0 Å². The van der Waals surface area contributed by atoms with Crippen LogP contribution in [0, 0.1) is 5.92 Å². The molecule has 6 nitrogen and oxygen atoms in total. The summed E-state index contributed by atoms with van der Waals surface area (Å²) in [5.41, 5.74) is 1.16. The molecule has 3 aliphatic heterocycles. The maximum atomic E-state index is 13.4. The van der Waals surface area contributed by atoms with Crippen molar-refractivity contribution in [2.45, 2.75) is 75.1 Å². The van der Waals surface area contributed by atoms with Crippen molar-refractivity contribution in [3.8, 4) is 0 Å². The highest BCUT2D eigenvalue weighted by molar-refractivity contribution is 7.90. The van der Waals surface area contributed by atoms with E-state index in [4.69, 9.17) is 0 Å². The molecule has 0 aromatic heterocycles. The normalized spacial score (nSPS) is 28.5. The molecule has 7 heteroatoms. The third kappa shape index (κ3) is 3.37. The van der Waals surface area contributed by atoms with Gasteiger partial charge in [-0.3, -0.25) is 4.79 Å². The Bertz CT molecular complexity index is 954. The number of rotatable bonds is 1. The fourth-order valence-electron chi connectivity index (χ4n) is 5.66. The van der Waals surface area contributed by atoms with Crippen LogP contribution >= 0.6 is 0 Å². The lowest BCUT2D eigenvalue weighted by atomic mass is 9.78. The van der Waals surface area contributed by atoms with Gasteiger partial charge in [0.15, 0.2) is 0 Å². The topological polar surface area (TPSA) is 70.0 Å². The van der Waals surface area contributed by atoms with Gasteiger partial charge in [-0.05, 0) is 62.6 Å². The van der Waals surface area contributed by atoms with Crippen molar-refractivity contribution in [2.24, 2.45) is 10.3 Å². The summed E-state index contributed by atoms with van der Waals surface area (Å²) >= 11 is 0. The Morgan fingerprint density at radius 2 is 1.79 bits per heavy atom. The molecule has 1 aliphatic carbocycles. The molecule has 4 aliphatic rings. The fourth-order valence-corrected chi connectivity index (χ4v) is 6.94. The Hall–Kier alpha value is -1.89. The summed E-state index contributed by atoms with van der Waals surface area (Å²) in [7, 11) is -3.76. The smallest absolute Gasteiger partial charge is 0.286 e. The number of carbonyl (C=O) groups is 1. The molecular weight excluding hydrogens is 386 g/mol. The molecule has 2 atom stereocenters. The van der Waals surface area contributed by atoms with Crippen LogP contribution in [0.2, 0.25) is 0 Å². The molecule has 156 valence electrons. The molecule has 0 unspecified atom stereocenters. The van der Waals surface area contributed by atoms with Crippen molar-refractivity contribution >= 4 is 27.5 Å². The SMILES string of the molecule is O=C(c1ccc2c(c1)S(=O)(=O)N=C1CCCCCN12)N1CCC[C@@H]2CCCC[C@H]21. The van der Waals surface area contributed by atoms with Crippen LogP contribution in [-0.4, -0.2) is 44.2 Å². The molecule has 1 amide bonds. The zero-order valence-corrected chi connectivity index (χ0v) is 17.7. The van der Waals surface area contributed by atoms with E-state index in [0.29, 0.717) is 35.5 Å². The first-order valence-electron chi connectivity index (χ1n) is 11.1. The number of amidine groups is 1. The molecule has 3 heterocycles. The standard InChI is InChI=1S/C22H29N3O3S/c26-22(25-14-6-8-16-7-3-4-9-18(16)25)17-11-12-19-20(15-17)29(27,28)23-21-10-2-1-5-13-24(19)21/h11-12,15-16,18H,1-10,13-14H2/t16-,18+/m0/s1. The predicted octanol–water partition coefficient (Wildman–Crippen LogP) is 3.96. The Balaban J connectivity index is 1.49.